The lowest BCUT2D eigenvalue weighted by Gasteiger charge is -2.30. The van der Waals surface area contributed by atoms with Gasteiger partial charge in [-0.15, -0.1) is 11.6 Å². The summed E-state index contributed by atoms with van der Waals surface area (Å²) >= 11 is 6.33. The largest absolute Gasteiger partial charge is 0.466 e. The van der Waals surface area contributed by atoms with Gasteiger partial charge in [-0.05, 0) is 26.2 Å². The third kappa shape index (κ3) is 3.84. The van der Waals surface area contributed by atoms with Gasteiger partial charge in [-0.1, -0.05) is 0 Å². The van der Waals surface area contributed by atoms with Crippen LogP contribution in [-0.2, 0) is 14.3 Å². The van der Waals surface area contributed by atoms with Crippen LogP contribution in [0.5, 0.6) is 0 Å². The van der Waals surface area contributed by atoms with Gasteiger partial charge in [-0.3, -0.25) is 4.79 Å². The molecule has 82 valence electrons. The maximum Gasteiger partial charge on any atom is 0.305 e. The van der Waals surface area contributed by atoms with E-state index in [9.17, 15) is 4.79 Å². The maximum absolute atomic E-state index is 11.1. The Hall–Kier alpha value is -0.280. The van der Waals surface area contributed by atoms with Gasteiger partial charge in [0, 0.05) is 24.5 Å². The molecule has 0 unspecified atom stereocenters. The molecule has 0 saturated carbocycles. The zero-order chi connectivity index (χ0) is 10.4. The summed E-state index contributed by atoms with van der Waals surface area (Å²) in [7, 11) is 0. The average Bonchev–Trinajstić information content (AvgIpc) is 2.17. The molecule has 0 aliphatic carbocycles. The van der Waals surface area contributed by atoms with Crippen LogP contribution in [0, 0.1) is 0 Å². The van der Waals surface area contributed by atoms with E-state index in [1.165, 1.54) is 0 Å². The molecule has 1 rings (SSSR count). The van der Waals surface area contributed by atoms with E-state index in [4.69, 9.17) is 21.1 Å². The molecule has 0 atom stereocenters. The first kappa shape index (κ1) is 11.8. The van der Waals surface area contributed by atoms with Crippen LogP contribution < -0.4 is 0 Å². The second-order valence-corrected chi connectivity index (χ2v) is 4.37. The fraction of sp³-hybridized carbons (Fsp3) is 0.900. The molecule has 1 heterocycles. The van der Waals surface area contributed by atoms with Crippen molar-refractivity contribution in [2.75, 3.05) is 19.8 Å². The normalized spacial score (nSPS) is 20.4. The Bertz CT molecular complexity index is 188. The van der Waals surface area contributed by atoms with E-state index >= 15 is 0 Å². The number of rotatable bonds is 4. The molecule has 4 heteroatoms. The second-order valence-electron chi connectivity index (χ2n) is 3.57. The molecule has 0 aromatic heterocycles. The third-order valence-corrected chi connectivity index (χ3v) is 3.04. The summed E-state index contributed by atoms with van der Waals surface area (Å²) in [5.41, 5.74) is 0. The van der Waals surface area contributed by atoms with E-state index in [-0.39, 0.29) is 10.8 Å². The lowest BCUT2D eigenvalue weighted by molar-refractivity contribution is -0.143. The van der Waals surface area contributed by atoms with Crippen molar-refractivity contribution >= 4 is 17.6 Å². The monoisotopic (exact) mass is 220 g/mol. The number of hydrogen-bond acceptors (Lipinski definition) is 3. The molecule has 14 heavy (non-hydrogen) atoms. The Labute approximate surface area is 89.7 Å². The summed E-state index contributed by atoms with van der Waals surface area (Å²) in [6.07, 6.45) is 2.76. The van der Waals surface area contributed by atoms with Crippen LogP contribution in [0.1, 0.15) is 32.6 Å². The number of esters is 1. The predicted molar refractivity (Wildman–Crippen MR) is 54.5 cm³/mol. The molecule has 0 radical (unpaired) electrons. The Kier molecular flexibility index (Phi) is 4.69. The third-order valence-electron chi connectivity index (χ3n) is 2.47. The maximum atomic E-state index is 11.1. The quantitative estimate of drug-likeness (QED) is 0.538. The van der Waals surface area contributed by atoms with Gasteiger partial charge in [0.2, 0.25) is 0 Å². The standard InChI is InChI=1S/C10H17ClO3/c1-2-14-9(12)3-4-10(11)5-7-13-8-6-10/h2-8H2,1H3. The Morgan fingerprint density at radius 3 is 2.71 bits per heavy atom. The van der Waals surface area contributed by atoms with E-state index < -0.39 is 0 Å². The second kappa shape index (κ2) is 5.56. The van der Waals surface area contributed by atoms with Gasteiger partial charge < -0.3 is 9.47 Å². The SMILES string of the molecule is CCOC(=O)CCC1(Cl)CCOCC1. The molecule has 1 fully saturated rings. The first-order valence-corrected chi connectivity index (χ1v) is 5.46. The summed E-state index contributed by atoms with van der Waals surface area (Å²) in [4.78, 5) is 10.9. The van der Waals surface area contributed by atoms with Crippen LogP contribution in [0.15, 0.2) is 0 Å². The minimum absolute atomic E-state index is 0.154. The molecule has 0 amide bonds. The van der Waals surface area contributed by atoms with Crippen LogP contribution in [0.2, 0.25) is 0 Å². The zero-order valence-electron chi connectivity index (χ0n) is 8.55. The number of halogens is 1. The van der Waals surface area contributed by atoms with Gasteiger partial charge in [0.05, 0.1) is 6.61 Å². The Morgan fingerprint density at radius 2 is 2.14 bits per heavy atom. The molecular weight excluding hydrogens is 204 g/mol. The van der Waals surface area contributed by atoms with Crippen molar-refractivity contribution in [1.29, 1.82) is 0 Å². The lowest BCUT2D eigenvalue weighted by Crippen LogP contribution is -2.31. The van der Waals surface area contributed by atoms with Gasteiger partial charge in [-0.25, -0.2) is 0 Å². The molecule has 0 N–H and O–H groups in total. The van der Waals surface area contributed by atoms with E-state index in [2.05, 4.69) is 0 Å². The first-order chi connectivity index (χ1) is 6.66. The van der Waals surface area contributed by atoms with Gasteiger partial charge in [0.15, 0.2) is 0 Å². The average molecular weight is 221 g/mol. The molecule has 0 aromatic rings. The van der Waals surface area contributed by atoms with Crippen molar-refractivity contribution in [1.82, 2.24) is 0 Å². The van der Waals surface area contributed by atoms with Crippen LogP contribution in [-0.4, -0.2) is 30.7 Å². The van der Waals surface area contributed by atoms with Crippen molar-refractivity contribution in [2.24, 2.45) is 0 Å². The number of ether oxygens (including phenoxy) is 2. The lowest BCUT2D eigenvalue weighted by atomic mass is 9.94. The highest BCUT2D eigenvalue weighted by molar-refractivity contribution is 6.24. The van der Waals surface area contributed by atoms with E-state index in [0.29, 0.717) is 32.7 Å². The van der Waals surface area contributed by atoms with Gasteiger partial charge in [0.1, 0.15) is 0 Å². The van der Waals surface area contributed by atoms with Gasteiger partial charge >= 0.3 is 5.97 Å². The van der Waals surface area contributed by atoms with Crippen molar-refractivity contribution in [3.8, 4) is 0 Å². The fourth-order valence-corrected chi connectivity index (χ4v) is 1.80. The summed E-state index contributed by atoms with van der Waals surface area (Å²) < 4.78 is 10.1. The van der Waals surface area contributed by atoms with Crippen LogP contribution in [0.4, 0.5) is 0 Å². The molecular formula is C10H17ClO3. The molecule has 3 nitrogen and oxygen atoms in total. The van der Waals surface area contributed by atoms with Crippen molar-refractivity contribution in [2.45, 2.75) is 37.5 Å². The number of carbonyl (C=O) groups is 1. The molecule has 0 spiro atoms. The van der Waals surface area contributed by atoms with E-state index in [1.54, 1.807) is 0 Å². The van der Waals surface area contributed by atoms with Crippen LogP contribution >= 0.6 is 11.6 Å². The number of carbonyl (C=O) groups excluding carboxylic acids is 1. The fourth-order valence-electron chi connectivity index (χ4n) is 1.55. The van der Waals surface area contributed by atoms with Gasteiger partial charge in [0.25, 0.3) is 0 Å². The molecule has 0 bridgehead atoms. The minimum Gasteiger partial charge on any atom is -0.466 e. The van der Waals surface area contributed by atoms with Crippen molar-refractivity contribution in [3.63, 3.8) is 0 Å². The molecule has 1 aliphatic heterocycles. The Balaban J connectivity index is 2.24. The minimum atomic E-state index is -0.245. The highest BCUT2D eigenvalue weighted by Gasteiger charge is 2.30. The van der Waals surface area contributed by atoms with Crippen LogP contribution in [0.25, 0.3) is 0 Å². The number of hydrogen-bond donors (Lipinski definition) is 0. The van der Waals surface area contributed by atoms with E-state index in [0.717, 1.165) is 12.8 Å². The predicted octanol–water partition coefficient (Wildman–Crippen LogP) is 2.12. The first-order valence-electron chi connectivity index (χ1n) is 5.08. The summed E-state index contributed by atoms with van der Waals surface area (Å²) in [5, 5.41) is 0. The number of alkyl halides is 1. The summed E-state index contributed by atoms with van der Waals surface area (Å²) in [6.45, 7) is 3.65. The molecule has 1 saturated heterocycles. The zero-order valence-corrected chi connectivity index (χ0v) is 9.31. The highest BCUT2D eigenvalue weighted by atomic mass is 35.5. The molecule has 0 aromatic carbocycles. The smallest absolute Gasteiger partial charge is 0.305 e. The molecule has 1 aliphatic rings. The van der Waals surface area contributed by atoms with E-state index in [1.807, 2.05) is 6.92 Å². The van der Waals surface area contributed by atoms with Gasteiger partial charge in [-0.2, -0.15) is 0 Å². The Morgan fingerprint density at radius 1 is 1.50 bits per heavy atom. The van der Waals surface area contributed by atoms with Crippen LogP contribution in [0.3, 0.4) is 0 Å². The summed E-state index contributed by atoms with van der Waals surface area (Å²) in [6, 6.07) is 0. The highest BCUT2D eigenvalue weighted by Crippen LogP contribution is 2.32. The van der Waals surface area contributed by atoms with Crippen molar-refractivity contribution in [3.05, 3.63) is 0 Å². The topological polar surface area (TPSA) is 35.5 Å². The summed E-state index contributed by atoms with van der Waals surface area (Å²) in [5.74, 6) is -0.154. The van der Waals surface area contributed by atoms with Crippen molar-refractivity contribution < 1.29 is 14.3 Å².